The number of esters is 1. The third-order valence-corrected chi connectivity index (χ3v) is 22.5. The van der Waals surface area contributed by atoms with Gasteiger partial charge in [-0.1, -0.05) is 71.9 Å². The van der Waals surface area contributed by atoms with Gasteiger partial charge in [0.05, 0.1) is 154 Å². The average Bonchev–Trinajstić information content (AvgIpc) is 1.47. The molecule has 1 fully saturated rings. The van der Waals surface area contributed by atoms with Crippen LogP contribution >= 0.6 is 0 Å². The molecule has 4 aliphatic heterocycles. The first-order chi connectivity index (χ1) is 61.3. The molecule has 5 heterocycles. The molecule has 4 aliphatic rings. The normalized spacial score (nSPS) is 22.0. The molecule has 1 saturated heterocycles. The second-order valence-corrected chi connectivity index (χ2v) is 32.3. The number of carbonyl (C=O) groups excluding carboxylic acids is 10. The molecule has 0 aliphatic carbocycles. The van der Waals surface area contributed by atoms with Gasteiger partial charge in [-0.3, -0.25) is 48.1 Å². The van der Waals surface area contributed by atoms with Crippen LogP contribution in [0, 0.1) is 42.4 Å². The molecule has 37 nitrogen and oxygen atoms in total. The molecular formula is C91H122N8O29. The molecule has 0 spiro atoms. The van der Waals surface area contributed by atoms with Crippen LogP contribution in [0.2, 0.25) is 0 Å². The van der Waals surface area contributed by atoms with Gasteiger partial charge >= 0.3 is 23.9 Å². The SMILES string of the molecule is CO[C@H]1/C=C/O[C@@]2(C)Oc3c(C)c(=O)c4c(O)c(c5oc6cc(OC7CCN(C(=O)OCc8ccc(NC(=O)[C@H](CCCNC(N)=O)CC(=O)[C@@H](NC(=O)CCOCCOCCOCCOCCOCCOCCOCCOCCN9C(=O)C=CC9=O)C(C)C)cc8)CC7)ccc6nc5c4c3C2=O)NC(=O)/C(C)=C\C=C\[C@H](C)[C@H](O)[C@@H](C)[C@@H](O)[C@@H](C)[C@H](OC(C)=O)[C@@H]1C. The van der Waals surface area contributed by atoms with E-state index in [0.29, 0.717) is 116 Å². The number of imide groups is 1. The monoisotopic (exact) mass is 1790 g/mol. The number of phenolic OH excluding ortho intramolecular Hbond substituents is 1. The van der Waals surface area contributed by atoms with Crippen molar-refractivity contribution in [3.63, 3.8) is 0 Å². The van der Waals surface area contributed by atoms with E-state index in [4.69, 9.17) is 81.5 Å². The number of nitrogens with two attached hydrogens (primary N) is 1. The number of likely N-dealkylation sites (tertiary alicyclic amines) is 1. The third-order valence-electron chi connectivity index (χ3n) is 22.5. The zero-order valence-electron chi connectivity index (χ0n) is 74.5. The van der Waals surface area contributed by atoms with E-state index >= 15 is 4.79 Å². The number of Topliss-reactive ketones (excluding diaryl/α,β-unsaturated/α-hetero) is 2. The molecule has 128 heavy (non-hydrogen) atoms. The van der Waals surface area contributed by atoms with Crippen molar-refractivity contribution in [2.45, 2.75) is 157 Å². The van der Waals surface area contributed by atoms with Crippen LogP contribution in [0.1, 0.15) is 122 Å². The highest BCUT2D eigenvalue weighted by Gasteiger charge is 2.50. The number of nitrogens with one attached hydrogen (secondary N) is 4. The number of aliphatic hydroxyl groups excluding tert-OH is 2. The molecule has 0 saturated carbocycles. The van der Waals surface area contributed by atoms with E-state index in [-0.39, 0.29) is 163 Å². The first kappa shape index (κ1) is 101. The van der Waals surface area contributed by atoms with Crippen LogP contribution in [0.15, 0.2) is 100.0 Å². The maximum absolute atomic E-state index is 15.0. The number of hydrogen-bond donors (Lipinski definition) is 8. The van der Waals surface area contributed by atoms with Crippen molar-refractivity contribution in [2.24, 2.45) is 41.2 Å². The molecule has 700 valence electrons. The van der Waals surface area contributed by atoms with E-state index in [1.807, 2.05) is 0 Å². The molecule has 37 heteroatoms. The van der Waals surface area contributed by atoms with Crippen LogP contribution in [-0.4, -0.2) is 271 Å². The van der Waals surface area contributed by atoms with Gasteiger partial charge < -0.3 is 118 Å². The number of amides is 8. The van der Waals surface area contributed by atoms with Gasteiger partial charge in [0.2, 0.25) is 11.8 Å². The minimum absolute atomic E-state index is 0.0350. The molecule has 5 aromatic rings. The van der Waals surface area contributed by atoms with E-state index in [2.05, 4.69) is 21.3 Å². The lowest BCUT2D eigenvalue weighted by Gasteiger charge is -2.38. The number of rotatable bonds is 44. The molecular weight excluding hydrogens is 1670 g/mol. The van der Waals surface area contributed by atoms with Gasteiger partial charge in [-0.2, -0.15) is 0 Å². The quantitative estimate of drug-likeness (QED) is 0.00461. The van der Waals surface area contributed by atoms with E-state index in [1.165, 1.54) is 65.4 Å². The first-order valence-corrected chi connectivity index (χ1v) is 43.2. The summed E-state index contributed by atoms with van der Waals surface area (Å²) in [6.45, 7) is 21.8. The van der Waals surface area contributed by atoms with Crippen LogP contribution < -0.4 is 41.9 Å². The minimum atomic E-state index is -2.14. The van der Waals surface area contributed by atoms with Crippen LogP contribution in [0.25, 0.3) is 33.0 Å². The summed E-state index contributed by atoms with van der Waals surface area (Å²) >= 11 is 0. The van der Waals surface area contributed by atoms with Crippen molar-refractivity contribution in [2.75, 3.05) is 150 Å². The fourth-order valence-corrected chi connectivity index (χ4v) is 15.1. The van der Waals surface area contributed by atoms with Crippen molar-refractivity contribution in [3.05, 3.63) is 118 Å². The maximum atomic E-state index is 15.0. The summed E-state index contributed by atoms with van der Waals surface area (Å²) in [4.78, 5) is 153. The van der Waals surface area contributed by atoms with Gasteiger partial charge in [0.15, 0.2) is 28.1 Å². The Morgan fingerprint density at radius 2 is 1.34 bits per heavy atom. The van der Waals surface area contributed by atoms with Crippen molar-refractivity contribution < 1.29 is 134 Å². The van der Waals surface area contributed by atoms with Crippen molar-refractivity contribution >= 4 is 104 Å². The lowest BCUT2D eigenvalue weighted by Crippen LogP contribution is -2.46. The van der Waals surface area contributed by atoms with E-state index in [1.54, 1.807) is 101 Å². The number of ketones is 2. The average molecular weight is 1790 g/mol. The van der Waals surface area contributed by atoms with E-state index < -0.39 is 125 Å². The summed E-state index contributed by atoms with van der Waals surface area (Å²) in [7, 11) is 1.42. The first-order valence-electron chi connectivity index (χ1n) is 43.2. The fourth-order valence-electron chi connectivity index (χ4n) is 15.1. The number of carbonyl (C=O) groups is 10. The molecule has 9 N–H and O–H groups in total. The van der Waals surface area contributed by atoms with Crippen LogP contribution in [0.5, 0.6) is 17.2 Å². The number of aromatic nitrogens is 1. The second kappa shape index (κ2) is 49.6. The number of aromatic hydroxyl groups is 1. The van der Waals surface area contributed by atoms with E-state index in [9.17, 15) is 63.3 Å². The molecule has 9 rings (SSSR count). The lowest BCUT2D eigenvalue weighted by molar-refractivity contribution is -0.160. The predicted molar refractivity (Wildman–Crippen MR) is 466 cm³/mol. The number of piperidine rings is 1. The third kappa shape index (κ3) is 28.3. The molecule has 4 aromatic carbocycles. The summed E-state index contributed by atoms with van der Waals surface area (Å²) in [5.41, 5.74) is 5.01. The Hall–Kier alpha value is -10.8. The summed E-state index contributed by atoms with van der Waals surface area (Å²) in [5, 5.41) is 46.1. The Labute approximate surface area is 742 Å². The van der Waals surface area contributed by atoms with Gasteiger partial charge in [-0.05, 0) is 68.5 Å². The highest BCUT2D eigenvalue weighted by atomic mass is 16.7. The van der Waals surface area contributed by atoms with Gasteiger partial charge in [0.1, 0.15) is 47.0 Å². The number of fused-ring (bicyclic) bond motifs is 2. The summed E-state index contributed by atoms with van der Waals surface area (Å²) < 4.78 is 87.0. The number of phenols is 1. The highest BCUT2D eigenvalue weighted by molar-refractivity contribution is 6.26. The number of methoxy groups -OCH3 is 1. The number of urea groups is 1. The largest absolute Gasteiger partial charge is 0.505 e. The summed E-state index contributed by atoms with van der Waals surface area (Å²) in [5.74, 6) is -10.7. The van der Waals surface area contributed by atoms with Gasteiger partial charge in [-0.15, -0.1) is 0 Å². The Bertz CT molecular complexity index is 4830. The van der Waals surface area contributed by atoms with Gasteiger partial charge in [0, 0.05) is 136 Å². The molecule has 1 aromatic heterocycles. The van der Waals surface area contributed by atoms with Crippen molar-refractivity contribution in [1.82, 2.24) is 25.4 Å². The Kier molecular flexibility index (Phi) is 39.1. The molecule has 0 radical (unpaired) electrons. The van der Waals surface area contributed by atoms with E-state index in [0.717, 1.165) is 4.90 Å². The molecule has 8 amide bonds. The Morgan fingerprint density at radius 1 is 0.742 bits per heavy atom. The van der Waals surface area contributed by atoms with Crippen LogP contribution in [0.4, 0.5) is 21.0 Å². The molecule has 4 bridgehead atoms. The standard InChI is InChI=1S/C91H122N8O29/c1-53(2)76(96-70(102)28-33-115-36-38-117-40-42-119-44-46-121-48-49-122-47-45-120-43-41-118-39-37-116-35-32-99-71(103)23-24-72(99)104)67(101)50-62(16-13-29-93-89(92)112)88(111)94-63-19-17-61(18-20-63)52-123-90(113)98-30-25-64(26-31-98)126-65-21-22-66-69(51-65)127-85-77(95-66)73-74-81(107)59(8)84-75(73)86(109)91(10,128-84)124-34-27-68(114-11)56(5)83(125-60(9)100)58(7)80(106)57(6)79(105)54(3)14-12-15-55(4)87(110)97-78(85)82(74)108/h12,14-15,17-24,27,34,51,53-54,56-58,62,64,68,76,79-80,83,105-106,108H,13,16,25-26,28-33,35-50,52H2,1-11H3,(H,94,111)(H,96,102)(H,97,110)(H3,92,93,112)/b14-12+,34-27+,55-15-/t54-,56+,57+,58+,62+,68-,76-,79-,80+,83+,91-/m0/s1. The minimum Gasteiger partial charge on any atom is -0.505 e. The number of primary amides is 1. The summed E-state index contributed by atoms with van der Waals surface area (Å²) in [6.07, 6.45) is 5.69. The van der Waals surface area contributed by atoms with Gasteiger partial charge in [-0.25, -0.2) is 14.6 Å². The Balaban J connectivity index is 0.723. The van der Waals surface area contributed by atoms with Crippen molar-refractivity contribution in [1.29, 1.82) is 0 Å². The highest BCUT2D eigenvalue weighted by Crippen LogP contribution is 2.49. The number of nitrogens with zero attached hydrogens (tertiary/aromatic N) is 3. The zero-order valence-corrected chi connectivity index (χ0v) is 74.5. The number of ether oxygens (including phenoxy) is 14. The smallest absolute Gasteiger partial charge is 0.410 e. The Morgan fingerprint density at radius 3 is 1.91 bits per heavy atom. The second-order valence-electron chi connectivity index (χ2n) is 32.3. The number of hydrogen-bond acceptors (Lipinski definition) is 30. The lowest BCUT2D eigenvalue weighted by atomic mass is 9.78. The number of anilines is 2. The topological polar surface area (TPSA) is 484 Å². The van der Waals surface area contributed by atoms with Crippen molar-refractivity contribution in [3.8, 4) is 17.2 Å². The van der Waals surface area contributed by atoms with Crippen LogP contribution in [0.3, 0.4) is 0 Å². The van der Waals surface area contributed by atoms with Gasteiger partial charge in [0.25, 0.3) is 23.5 Å². The maximum Gasteiger partial charge on any atom is 0.410 e. The predicted octanol–water partition coefficient (Wildman–Crippen LogP) is 7.73. The number of benzene rings is 4. The molecule has 0 unspecified atom stereocenters. The number of aliphatic hydroxyl groups is 2. The number of allylic oxidation sites excluding steroid dienone is 2. The summed E-state index contributed by atoms with van der Waals surface area (Å²) in [6, 6.07) is 9.76. The zero-order chi connectivity index (χ0) is 92.7. The van der Waals surface area contributed by atoms with Crippen LogP contribution in [-0.2, 0) is 97.0 Å². The fraction of sp³-hybridized carbons (Fsp3) is 0.560. The molecule has 11 atom stereocenters.